The van der Waals surface area contributed by atoms with E-state index in [4.69, 9.17) is 16.4 Å². The van der Waals surface area contributed by atoms with E-state index in [2.05, 4.69) is 5.10 Å². The van der Waals surface area contributed by atoms with Gasteiger partial charge in [0.2, 0.25) is 0 Å². The van der Waals surface area contributed by atoms with Gasteiger partial charge in [-0.2, -0.15) is 5.10 Å². The molecule has 1 heterocycles. The zero-order valence-corrected chi connectivity index (χ0v) is 16.2. The second kappa shape index (κ2) is 7.95. The Bertz CT molecular complexity index is 908. The number of rotatable bonds is 5. The number of hydroxylamine groups is 2. The molecular formula is C19H18ClN3O2S. The first-order chi connectivity index (χ1) is 12.5. The average molecular weight is 388 g/mol. The van der Waals surface area contributed by atoms with E-state index < -0.39 is 0 Å². The summed E-state index contributed by atoms with van der Waals surface area (Å²) >= 11 is 7.67. The monoisotopic (exact) mass is 387 g/mol. The van der Waals surface area contributed by atoms with Crippen LogP contribution in [-0.4, -0.2) is 41.2 Å². The van der Waals surface area contributed by atoms with Crippen LogP contribution in [0.15, 0.2) is 59.5 Å². The molecule has 5 nitrogen and oxygen atoms in total. The lowest BCUT2D eigenvalue weighted by Gasteiger charge is -2.11. The molecule has 0 aliphatic carbocycles. The quantitative estimate of drug-likeness (QED) is 0.476. The molecule has 0 fully saturated rings. The van der Waals surface area contributed by atoms with Crippen molar-refractivity contribution in [2.45, 2.75) is 4.90 Å². The van der Waals surface area contributed by atoms with Crippen molar-refractivity contribution in [1.29, 1.82) is 0 Å². The number of aromatic nitrogens is 2. The Morgan fingerprint density at radius 1 is 1.15 bits per heavy atom. The summed E-state index contributed by atoms with van der Waals surface area (Å²) in [7, 11) is 2.99. The van der Waals surface area contributed by atoms with Gasteiger partial charge in [0.05, 0.1) is 18.5 Å². The predicted octanol–water partition coefficient (Wildman–Crippen LogP) is 4.55. The van der Waals surface area contributed by atoms with Crippen molar-refractivity contribution in [2.75, 3.05) is 20.4 Å². The molecule has 0 bridgehead atoms. The van der Waals surface area contributed by atoms with Gasteiger partial charge in [-0.15, -0.1) is 11.8 Å². The Morgan fingerprint density at radius 3 is 2.38 bits per heavy atom. The number of hydrogen-bond acceptors (Lipinski definition) is 4. The third kappa shape index (κ3) is 3.77. The van der Waals surface area contributed by atoms with Crippen LogP contribution in [0.5, 0.6) is 0 Å². The highest BCUT2D eigenvalue weighted by atomic mass is 35.5. The lowest BCUT2D eigenvalue weighted by molar-refractivity contribution is -0.0760. The van der Waals surface area contributed by atoms with E-state index in [-0.39, 0.29) is 5.91 Å². The Kier molecular flexibility index (Phi) is 5.66. The smallest absolute Gasteiger partial charge is 0.274 e. The number of benzene rings is 2. The van der Waals surface area contributed by atoms with E-state index in [0.29, 0.717) is 10.7 Å². The molecule has 1 aromatic heterocycles. The first kappa shape index (κ1) is 18.5. The van der Waals surface area contributed by atoms with Crippen LogP contribution in [0.25, 0.3) is 16.9 Å². The summed E-state index contributed by atoms with van der Waals surface area (Å²) in [6.45, 7) is 0. The molecule has 0 aliphatic rings. The Hall–Kier alpha value is -2.28. The van der Waals surface area contributed by atoms with E-state index in [1.807, 2.05) is 42.7 Å². The topological polar surface area (TPSA) is 47.4 Å². The van der Waals surface area contributed by atoms with Crippen molar-refractivity contribution in [2.24, 2.45) is 0 Å². The fourth-order valence-electron chi connectivity index (χ4n) is 2.48. The van der Waals surface area contributed by atoms with Crippen molar-refractivity contribution in [3.8, 4) is 16.9 Å². The predicted molar refractivity (Wildman–Crippen MR) is 105 cm³/mol. The fourth-order valence-corrected chi connectivity index (χ4v) is 3.01. The number of carbonyl (C=O) groups excluding carboxylic acids is 1. The van der Waals surface area contributed by atoms with E-state index in [1.54, 1.807) is 41.7 Å². The largest absolute Gasteiger partial charge is 0.297 e. The summed E-state index contributed by atoms with van der Waals surface area (Å²) in [5, 5.41) is 6.28. The van der Waals surface area contributed by atoms with Crippen LogP contribution in [0.3, 0.4) is 0 Å². The Morgan fingerprint density at radius 2 is 1.81 bits per heavy atom. The zero-order valence-electron chi connectivity index (χ0n) is 14.6. The number of amides is 1. The molecule has 0 saturated heterocycles. The molecule has 0 saturated carbocycles. The van der Waals surface area contributed by atoms with Gasteiger partial charge >= 0.3 is 0 Å². The second-order valence-corrected chi connectivity index (χ2v) is 6.83. The van der Waals surface area contributed by atoms with Crippen molar-refractivity contribution in [1.82, 2.24) is 14.8 Å². The van der Waals surface area contributed by atoms with Crippen molar-refractivity contribution >= 4 is 29.3 Å². The van der Waals surface area contributed by atoms with Crippen LogP contribution in [0.4, 0.5) is 0 Å². The number of carbonyl (C=O) groups is 1. The highest BCUT2D eigenvalue weighted by Crippen LogP contribution is 2.27. The van der Waals surface area contributed by atoms with Crippen LogP contribution >= 0.6 is 23.4 Å². The van der Waals surface area contributed by atoms with Crippen LogP contribution in [0.2, 0.25) is 5.02 Å². The van der Waals surface area contributed by atoms with Gasteiger partial charge in [0, 0.05) is 22.5 Å². The van der Waals surface area contributed by atoms with Gasteiger partial charge in [-0.1, -0.05) is 23.7 Å². The molecule has 2 aromatic carbocycles. The van der Waals surface area contributed by atoms with Gasteiger partial charge in [-0.3, -0.25) is 9.63 Å². The van der Waals surface area contributed by atoms with Gasteiger partial charge in [0.1, 0.15) is 0 Å². The van der Waals surface area contributed by atoms with E-state index in [9.17, 15) is 4.79 Å². The minimum atomic E-state index is -0.317. The molecule has 3 aromatic rings. The maximum atomic E-state index is 12.5. The first-order valence-corrected chi connectivity index (χ1v) is 9.46. The van der Waals surface area contributed by atoms with Crippen LogP contribution in [0.1, 0.15) is 10.5 Å². The normalized spacial score (nSPS) is 10.8. The minimum Gasteiger partial charge on any atom is -0.274 e. The van der Waals surface area contributed by atoms with Gasteiger partial charge < -0.3 is 0 Å². The molecular weight excluding hydrogens is 370 g/mol. The molecule has 0 atom stereocenters. The standard InChI is InChI=1S/C19H18ClN3O2S/c1-22(25-2)19(24)17-12-18(13-4-10-16(26-3)11-5-13)23(21-17)15-8-6-14(20)7-9-15/h4-12H,1-3H3. The molecule has 0 spiro atoms. The molecule has 7 heteroatoms. The Labute approximate surface area is 161 Å². The van der Waals surface area contributed by atoms with E-state index in [1.165, 1.54) is 12.0 Å². The summed E-state index contributed by atoms with van der Waals surface area (Å²) in [6.07, 6.45) is 2.03. The lowest BCUT2D eigenvalue weighted by Crippen LogP contribution is -2.25. The molecule has 3 rings (SSSR count). The van der Waals surface area contributed by atoms with Gasteiger partial charge in [-0.25, -0.2) is 9.75 Å². The molecule has 0 unspecified atom stereocenters. The molecule has 1 amide bonds. The summed E-state index contributed by atoms with van der Waals surface area (Å²) in [5.41, 5.74) is 2.89. The molecule has 26 heavy (non-hydrogen) atoms. The van der Waals surface area contributed by atoms with E-state index >= 15 is 0 Å². The van der Waals surface area contributed by atoms with Crippen LogP contribution in [0, 0.1) is 0 Å². The van der Waals surface area contributed by atoms with Crippen LogP contribution < -0.4 is 0 Å². The minimum absolute atomic E-state index is 0.299. The van der Waals surface area contributed by atoms with Crippen molar-refractivity contribution in [3.05, 3.63) is 65.3 Å². The summed E-state index contributed by atoms with van der Waals surface area (Å²) in [5.74, 6) is -0.317. The number of hydrogen-bond donors (Lipinski definition) is 0. The zero-order chi connectivity index (χ0) is 18.7. The molecule has 0 aliphatic heterocycles. The van der Waals surface area contributed by atoms with Crippen LogP contribution in [-0.2, 0) is 4.84 Å². The summed E-state index contributed by atoms with van der Waals surface area (Å²) in [6, 6.07) is 17.2. The van der Waals surface area contributed by atoms with Gasteiger partial charge in [-0.05, 0) is 48.7 Å². The second-order valence-electron chi connectivity index (χ2n) is 5.52. The summed E-state index contributed by atoms with van der Waals surface area (Å²) in [4.78, 5) is 18.6. The Balaban J connectivity index is 2.11. The number of halogens is 1. The van der Waals surface area contributed by atoms with Crippen molar-refractivity contribution in [3.63, 3.8) is 0 Å². The SMILES string of the molecule is CON(C)C(=O)c1cc(-c2ccc(SC)cc2)n(-c2ccc(Cl)cc2)n1. The molecule has 134 valence electrons. The first-order valence-electron chi connectivity index (χ1n) is 7.86. The maximum absolute atomic E-state index is 12.5. The third-order valence-corrected chi connectivity index (χ3v) is 4.94. The van der Waals surface area contributed by atoms with Crippen molar-refractivity contribution < 1.29 is 9.63 Å². The third-order valence-electron chi connectivity index (χ3n) is 3.95. The molecule has 0 N–H and O–H groups in total. The summed E-state index contributed by atoms with van der Waals surface area (Å²) < 4.78 is 1.74. The average Bonchev–Trinajstić information content (AvgIpc) is 3.12. The van der Waals surface area contributed by atoms with E-state index in [0.717, 1.165) is 22.0 Å². The maximum Gasteiger partial charge on any atom is 0.297 e. The number of nitrogens with zero attached hydrogens (tertiary/aromatic N) is 3. The van der Waals surface area contributed by atoms with Gasteiger partial charge in [0.15, 0.2) is 5.69 Å². The highest BCUT2D eigenvalue weighted by Gasteiger charge is 2.19. The highest BCUT2D eigenvalue weighted by molar-refractivity contribution is 7.98. The molecule has 0 radical (unpaired) electrons. The fraction of sp³-hybridized carbons (Fsp3) is 0.158. The lowest BCUT2D eigenvalue weighted by atomic mass is 10.1. The van der Waals surface area contributed by atoms with Gasteiger partial charge in [0.25, 0.3) is 5.91 Å². The number of thioether (sulfide) groups is 1.